The molecule has 0 bridgehead atoms. The predicted molar refractivity (Wildman–Crippen MR) is 108 cm³/mol. The molecule has 0 aromatic carbocycles. The number of esters is 3. The molecule has 0 spiro atoms. The molecule has 2 rings (SSSR count). The summed E-state index contributed by atoms with van der Waals surface area (Å²) in [5.74, 6) is -1.67. The maximum atomic E-state index is 11.9. The molecule has 1 unspecified atom stereocenters. The lowest BCUT2D eigenvalue weighted by atomic mass is 10.1. The number of carbonyl (C=O) groups is 3. The predicted octanol–water partition coefficient (Wildman–Crippen LogP) is 1.90. The summed E-state index contributed by atoms with van der Waals surface area (Å²) < 4.78 is 22.9. The van der Waals surface area contributed by atoms with Crippen LogP contribution in [0.15, 0.2) is 10.9 Å². The minimum Gasteiger partial charge on any atom is -0.463 e. The zero-order valence-corrected chi connectivity index (χ0v) is 19.1. The Morgan fingerprint density at radius 3 is 2.35 bits per heavy atom. The standard InChI is InChI=1S/C19H21BrN4O7/c1-9-15-13(6-21)17(20)23-18(15)24(8-22-9)19(31-12(4)27)16(30-11(3)26)14(28-5)7-29-10(2)25/h8,14,16,19H,7H2,1-5H3/t14-,16-,19?/m0/s1. The van der Waals surface area contributed by atoms with Gasteiger partial charge in [0.25, 0.3) is 0 Å². The van der Waals surface area contributed by atoms with Gasteiger partial charge >= 0.3 is 17.9 Å². The third-order valence-electron chi connectivity index (χ3n) is 4.24. The van der Waals surface area contributed by atoms with Crippen LogP contribution in [-0.4, -0.2) is 58.4 Å². The van der Waals surface area contributed by atoms with Crippen LogP contribution in [0, 0.1) is 18.3 Å². The number of rotatable bonds is 8. The SMILES string of the molecule is CO[C@@H](COC(C)=O)[C@H](OC(C)=O)C(OC(C)=O)n1cnc(C)c2c(C#N)c(Br)nc1-2. The number of nitriles is 1. The second-order valence-corrected chi connectivity index (χ2v) is 7.23. The number of carbonyl (C=O) groups excluding carboxylic acids is 3. The van der Waals surface area contributed by atoms with E-state index in [4.69, 9.17) is 18.9 Å². The molecule has 0 radical (unpaired) electrons. The smallest absolute Gasteiger partial charge is 0.304 e. The Balaban J connectivity index is 2.66. The van der Waals surface area contributed by atoms with E-state index in [9.17, 15) is 19.6 Å². The van der Waals surface area contributed by atoms with Gasteiger partial charge in [0.05, 0.1) is 23.1 Å². The summed E-state index contributed by atoms with van der Waals surface area (Å²) in [5, 5.41) is 9.50. The van der Waals surface area contributed by atoms with Gasteiger partial charge in [-0.1, -0.05) is 0 Å². The number of hydrogen-bond acceptors (Lipinski definition) is 10. The Morgan fingerprint density at radius 1 is 1.19 bits per heavy atom. The molecule has 12 heteroatoms. The number of halogens is 1. The van der Waals surface area contributed by atoms with Crippen molar-refractivity contribution in [3.8, 4) is 17.5 Å². The van der Waals surface area contributed by atoms with Gasteiger partial charge in [0, 0.05) is 27.9 Å². The monoisotopic (exact) mass is 496 g/mol. The van der Waals surface area contributed by atoms with Crippen molar-refractivity contribution in [2.24, 2.45) is 0 Å². The van der Waals surface area contributed by atoms with Crippen molar-refractivity contribution in [3.63, 3.8) is 0 Å². The molecule has 0 aliphatic carbocycles. The van der Waals surface area contributed by atoms with Crippen LogP contribution in [0.4, 0.5) is 0 Å². The molecule has 0 saturated carbocycles. The van der Waals surface area contributed by atoms with Gasteiger partial charge in [-0.25, -0.2) is 9.97 Å². The molecule has 2 aliphatic rings. The van der Waals surface area contributed by atoms with E-state index >= 15 is 0 Å². The van der Waals surface area contributed by atoms with Crippen LogP contribution in [0.5, 0.6) is 0 Å². The summed E-state index contributed by atoms with van der Waals surface area (Å²) in [6.07, 6.45) is -2.16. The number of nitrogens with zero attached hydrogens (tertiary/aromatic N) is 4. The number of hydrogen-bond donors (Lipinski definition) is 0. The number of ether oxygens (including phenoxy) is 4. The topological polar surface area (TPSA) is 143 Å². The summed E-state index contributed by atoms with van der Waals surface area (Å²) in [7, 11) is 1.33. The highest BCUT2D eigenvalue weighted by Crippen LogP contribution is 2.36. The van der Waals surface area contributed by atoms with E-state index in [0.29, 0.717) is 11.3 Å². The van der Waals surface area contributed by atoms with Crippen molar-refractivity contribution in [1.82, 2.24) is 14.5 Å². The average Bonchev–Trinajstić information content (AvgIpc) is 3.02. The third kappa shape index (κ3) is 5.56. The van der Waals surface area contributed by atoms with Gasteiger partial charge in [0.1, 0.15) is 29.2 Å². The summed E-state index contributed by atoms with van der Waals surface area (Å²) in [4.78, 5) is 43.7. The highest BCUT2D eigenvalue weighted by Gasteiger charge is 2.39. The highest BCUT2D eigenvalue weighted by molar-refractivity contribution is 9.10. The fraction of sp³-hybridized carbons (Fsp3) is 0.474. The molecule has 2 aliphatic heterocycles. The largest absolute Gasteiger partial charge is 0.463 e. The number of aryl methyl sites for hydroxylation is 1. The lowest BCUT2D eigenvalue weighted by Crippen LogP contribution is -2.44. The van der Waals surface area contributed by atoms with Gasteiger partial charge in [0.2, 0.25) is 6.23 Å². The second-order valence-electron chi connectivity index (χ2n) is 6.48. The quantitative estimate of drug-likeness (QED) is 0.392. The van der Waals surface area contributed by atoms with Gasteiger partial charge in [-0.2, -0.15) is 5.26 Å². The van der Waals surface area contributed by atoms with E-state index in [-0.39, 0.29) is 22.6 Å². The third-order valence-corrected chi connectivity index (χ3v) is 4.82. The molecule has 0 saturated heterocycles. The van der Waals surface area contributed by atoms with Crippen molar-refractivity contribution >= 4 is 33.8 Å². The highest BCUT2D eigenvalue weighted by atomic mass is 79.9. The molecule has 0 N–H and O–H groups in total. The van der Waals surface area contributed by atoms with Gasteiger partial charge in [-0.05, 0) is 22.9 Å². The van der Waals surface area contributed by atoms with Crippen molar-refractivity contribution in [2.45, 2.75) is 46.1 Å². The second kappa shape index (κ2) is 10.3. The fourth-order valence-corrected chi connectivity index (χ4v) is 3.42. The summed E-state index contributed by atoms with van der Waals surface area (Å²) in [5.41, 5.74) is 1.21. The maximum Gasteiger partial charge on any atom is 0.304 e. The number of methoxy groups -OCH3 is 1. The summed E-state index contributed by atoms with van der Waals surface area (Å²) in [6, 6.07) is 2.06. The van der Waals surface area contributed by atoms with E-state index < -0.39 is 36.3 Å². The molecule has 0 aromatic heterocycles. The molecule has 2 heterocycles. The first-order valence-electron chi connectivity index (χ1n) is 9.04. The van der Waals surface area contributed by atoms with Crippen LogP contribution in [-0.2, 0) is 33.3 Å². The van der Waals surface area contributed by atoms with E-state index in [1.54, 1.807) is 6.92 Å². The molecule has 166 valence electrons. The van der Waals surface area contributed by atoms with Crippen LogP contribution < -0.4 is 0 Å². The zero-order chi connectivity index (χ0) is 23.3. The van der Waals surface area contributed by atoms with Crippen LogP contribution in [0.1, 0.15) is 38.3 Å². The van der Waals surface area contributed by atoms with Crippen molar-refractivity contribution in [1.29, 1.82) is 5.26 Å². The Morgan fingerprint density at radius 2 is 1.84 bits per heavy atom. The Bertz CT molecular complexity index is 1000. The molecular formula is C19H21BrN4O7. The van der Waals surface area contributed by atoms with Crippen molar-refractivity contribution < 1.29 is 33.3 Å². The normalized spacial score (nSPS) is 13.7. The van der Waals surface area contributed by atoms with Gasteiger partial charge in [-0.3, -0.25) is 19.0 Å². The Hall–Kier alpha value is -3.04. The van der Waals surface area contributed by atoms with Crippen LogP contribution in [0.25, 0.3) is 11.4 Å². The molecular weight excluding hydrogens is 476 g/mol. The van der Waals surface area contributed by atoms with Crippen molar-refractivity contribution in [2.75, 3.05) is 13.7 Å². The minimum absolute atomic E-state index is 0.253. The molecule has 0 amide bonds. The van der Waals surface area contributed by atoms with E-state index in [1.807, 2.05) is 0 Å². The first-order valence-corrected chi connectivity index (χ1v) is 9.83. The molecule has 0 aromatic rings. The average molecular weight is 497 g/mol. The van der Waals surface area contributed by atoms with Crippen LogP contribution in [0.3, 0.4) is 0 Å². The van der Waals surface area contributed by atoms with Crippen LogP contribution >= 0.6 is 15.9 Å². The van der Waals surface area contributed by atoms with E-state index in [0.717, 1.165) is 0 Å². The van der Waals surface area contributed by atoms with Crippen molar-refractivity contribution in [3.05, 3.63) is 22.2 Å². The van der Waals surface area contributed by atoms with E-state index in [2.05, 4.69) is 32.0 Å². The first kappa shape index (κ1) is 24.2. The molecule has 3 atom stereocenters. The lowest BCUT2D eigenvalue weighted by molar-refractivity contribution is -0.192. The van der Waals surface area contributed by atoms with Crippen LogP contribution in [0.2, 0.25) is 0 Å². The van der Waals surface area contributed by atoms with Gasteiger partial charge < -0.3 is 18.9 Å². The lowest BCUT2D eigenvalue weighted by Gasteiger charge is -2.33. The van der Waals surface area contributed by atoms with Gasteiger partial charge in [0.15, 0.2) is 6.10 Å². The minimum atomic E-state index is -1.29. The number of aromatic nitrogens is 3. The Kier molecular flexibility index (Phi) is 8.07. The molecule has 0 fully saturated rings. The first-order chi connectivity index (χ1) is 14.6. The zero-order valence-electron chi connectivity index (χ0n) is 17.5. The Labute approximate surface area is 186 Å². The molecule has 11 nitrogen and oxygen atoms in total. The summed E-state index contributed by atoms with van der Waals surface area (Å²) in [6.45, 7) is 5.00. The fourth-order valence-electron chi connectivity index (χ4n) is 2.96. The number of fused-ring (bicyclic) bond motifs is 1. The molecule has 31 heavy (non-hydrogen) atoms. The maximum absolute atomic E-state index is 11.9. The van der Waals surface area contributed by atoms with E-state index in [1.165, 1.54) is 38.8 Å². The van der Waals surface area contributed by atoms with Gasteiger partial charge in [-0.15, -0.1) is 0 Å². The summed E-state index contributed by atoms with van der Waals surface area (Å²) >= 11 is 3.25.